The maximum absolute atomic E-state index is 13.0. The van der Waals surface area contributed by atoms with Gasteiger partial charge in [0.15, 0.2) is 11.5 Å². The molecule has 9 heteroatoms. The minimum atomic E-state index is -0.208. The molecule has 0 saturated carbocycles. The highest BCUT2D eigenvalue weighted by molar-refractivity contribution is 9.10. The Kier molecular flexibility index (Phi) is 6.22. The van der Waals surface area contributed by atoms with E-state index >= 15 is 0 Å². The number of methoxy groups -OCH3 is 1. The molecule has 0 fully saturated rings. The molecular formula is C21H17BrCl2N2O4. The highest BCUT2D eigenvalue weighted by Gasteiger charge is 2.25. The van der Waals surface area contributed by atoms with E-state index in [0.29, 0.717) is 34.4 Å². The molecule has 0 unspecified atom stereocenters. The van der Waals surface area contributed by atoms with Gasteiger partial charge in [-0.2, -0.15) is 0 Å². The first-order valence-corrected chi connectivity index (χ1v) is 10.7. The lowest BCUT2D eigenvalue weighted by Crippen LogP contribution is -2.30. The number of hydrogen-bond donors (Lipinski definition) is 0. The lowest BCUT2D eigenvalue weighted by atomic mass is 10.1. The second kappa shape index (κ2) is 8.88. The predicted octanol–water partition coefficient (Wildman–Crippen LogP) is 5.49. The lowest BCUT2D eigenvalue weighted by Gasteiger charge is -2.21. The van der Waals surface area contributed by atoms with Crippen molar-refractivity contribution in [3.63, 3.8) is 0 Å². The molecule has 1 aromatic heterocycles. The number of benzene rings is 2. The van der Waals surface area contributed by atoms with Crippen LogP contribution in [0.1, 0.15) is 17.5 Å². The van der Waals surface area contributed by atoms with Gasteiger partial charge in [0, 0.05) is 4.47 Å². The zero-order chi connectivity index (χ0) is 21.3. The van der Waals surface area contributed by atoms with Gasteiger partial charge in [0.1, 0.15) is 5.75 Å². The zero-order valence-electron chi connectivity index (χ0n) is 16.0. The quantitative estimate of drug-likeness (QED) is 0.453. The normalized spacial score (nSPS) is 12.8. The van der Waals surface area contributed by atoms with Gasteiger partial charge in [-0.3, -0.25) is 4.79 Å². The summed E-state index contributed by atoms with van der Waals surface area (Å²) in [6, 6.07) is 10.8. The maximum Gasteiger partial charge on any atom is 0.280 e. The van der Waals surface area contributed by atoms with E-state index in [4.69, 9.17) is 37.4 Å². The molecule has 0 N–H and O–H groups in total. The van der Waals surface area contributed by atoms with Crippen LogP contribution in [0.25, 0.3) is 0 Å². The molecule has 0 spiro atoms. The van der Waals surface area contributed by atoms with E-state index in [1.165, 1.54) is 4.68 Å². The highest BCUT2D eigenvalue weighted by Crippen LogP contribution is 2.41. The molecule has 1 aliphatic heterocycles. The Labute approximate surface area is 191 Å². The summed E-state index contributed by atoms with van der Waals surface area (Å²) in [6.07, 6.45) is 1.32. The minimum absolute atomic E-state index is 0.156. The van der Waals surface area contributed by atoms with Gasteiger partial charge in [-0.15, -0.1) is 5.10 Å². The van der Waals surface area contributed by atoms with Crippen molar-refractivity contribution in [2.24, 2.45) is 0 Å². The number of nitrogens with zero attached hydrogens (tertiary/aromatic N) is 2. The van der Waals surface area contributed by atoms with Gasteiger partial charge in [0.05, 0.1) is 35.9 Å². The fourth-order valence-electron chi connectivity index (χ4n) is 3.18. The van der Waals surface area contributed by atoms with E-state index < -0.39 is 0 Å². The number of fused-ring (bicyclic) bond motifs is 1. The Morgan fingerprint density at radius 3 is 2.57 bits per heavy atom. The van der Waals surface area contributed by atoms with Gasteiger partial charge in [-0.1, -0.05) is 51.3 Å². The van der Waals surface area contributed by atoms with Crippen LogP contribution in [-0.2, 0) is 13.0 Å². The predicted molar refractivity (Wildman–Crippen MR) is 119 cm³/mol. The van der Waals surface area contributed by atoms with E-state index in [1.807, 2.05) is 24.3 Å². The van der Waals surface area contributed by atoms with Crippen molar-refractivity contribution >= 4 is 39.1 Å². The molecule has 156 valence electrons. The summed E-state index contributed by atoms with van der Waals surface area (Å²) in [6.45, 7) is 0.753. The Balaban J connectivity index is 1.76. The fourth-order valence-corrected chi connectivity index (χ4v) is 4.46. The van der Waals surface area contributed by atoms with Gasteiger partial charge in [0.2, 0.25) is 0 Å². The Hall–Kier alpha value is -2.22. The topological polar surface area (TPSA) is 62.6 Å². The molecule has 0 radical (unpaired) electrons. The van der Waals surface area contributed by atoms with Crippen molar-refractivity contribution in [2.75, 3.05) is 13.7 Å². The molecular weight excluding hydrogens is 495 g/mol. The summed E-state index contributed by atoms with van der Waals surface area (Å²) >= 11 is 16.0. The van der Waals surface area contributed by atoms with Crippen LogP contribution in [0.5, 0.6) is 23.1 Å². The molecule has 6 nitrogen and oxygen atoms in total. The number of hydrogen-bond acceptors (Lipinski definition) is 5. The molecule has 0 saturated heterocycles. The first-order valence-electron chi connectivity index (χ1n) is 9.18. The molecule has 0 bridgehead atoms. The standard InChI is InChI=1S/C21H17BrCl2N2O4/c1-28-14-6-4-12(5-7-14)11-26-21(27)15-3-2-8-29-18(15)20(25-26)30-19-16(23)9-13(22)10-17(19)24/h4-7,9-10H,2-3,8,11H2,1H3. The monoisotopic (exact) mass is 510 g/mol. The summed E-state index contributed by atoms with van der Waals surface area (Å²) in [5, 5.41) is 5.05. The number of rotatable bonds is 5. The average Bonchev–Trinajstić information content (AvgIpc) is 2.74. The van der Waals surface area contributed by atoms with Crippen LogP contribution in [0, 0.1) is 0 Å². The first-order chi connectivity index (χ1) is 14.5. The average molecular weight is 512 g/mol. The third-order valence-electron chi connectivity index (χ3n) is 4.64. The van der Waals surface area contributed by atoms with Crippen molar-refractivity contribution in [1.82, 2.24) is 9.78 Å². The largest absolute Gasteiger partial charge is 0.497 e. The Morgan fingerprint density at radius 2 is 1.90 bits per heavy atom. The van der Waals surface area contributed by atoms with E-state index in [-0.39, 0.29) is 23.7 Å². The molecule has 0 amide bonds. The van der Waals surface area contributed by atoms with Crippen molar-refractivity contribution in [2.45, 2.75) is 19.4 Å². The van der Waals surface area contributed by atoms with Gasteiger partial charge in [-0.25, -0.2) is 4.68 Å². The van der Waals surface area contributed by atoms with Crippen molar-refractivity contribution in [3.8, 4) is 23.1 Å². The number of halogens is 3. The smallest absolute Gasteiger partial charge is 0.280 e. The summed E-state index contributed by atoms with van der Waals surface area (Å²) in [5.74, 6) is 1.48. The molecule has 0 aliphatic carbocycles. The van der Waals surface area contributed by atoms with Crippen LogP contribution >= 0.6 is 39.1 Å². The van der Waals surface area contributed by atoms with Crippen molar-refractivity contribution in [3.05, 3.63) is 72.4 Å². The zero-order valence-corrected chi connectivity index (χ0v) is 19.1. The second-order valence-electron chi connectivity index (χ2n) is 6.68. The molecule has 30 heavy (non-hydrogen) atoms. The third-order valence-corrected chi connectivity index (χ3v) is 5.66. The number of ether oxygens (including phenoxy) is 3. The van der Waals surface area contributed by atoms with E-state index in [9.17, 15) is 4.79 Å². The second-order valence-corrected chi connectivity index (χ2v) is 8.41. The van der Waals surface area contributed by atoms with Crippen molar-refractivity contribution in [1.29, 1.82) is 0 Å². The van der Waals surface area contributed by atoms with E-state index in [2.05, 4.69) is 21.0 Å². The van der Waals surface area contributed by atoms with Crippen LogP contribution in [0.4, 0.5) is 0 Å². The van der Waals surface area contributed by atoms with Crippen LogP contribution in [-0.4, -0.2) is 23.5 Å². The number of aromatic nitrogens is 2. The van der Waals surface area contributed by atoms with Gasteiger partial charge in [0.25, 0.3) is 11.4 Å². The fraction of sp³-hybridized carbons (Fsp3) is 0.238. The van der Waals surface area contributed by atoms with Gasteiger partial charge in [-0.05, 0) is 42.7 Å². The lowest BCUT2D eigenvalue weighted by molar-refractivity contribution is 0.264. The Bertz CT molecular complexity index is 1130. The maximum atomic E-state index is 13.0. The molecule has 2 aromatic carbocycles. The van der Waals surface area contributed by atoms with E-state index in [1.54, 1.807) is 19.2 Å². The summed E-state index contributed by atoms with van der Waals surface area (Å²) < 4.78 is 19.0. The van der Waals surface area contributed by atoms with Gasteiger partial charge < -0.3 is 14.2 Å². The van der Waals surface area contributed by atoms with Crippen LogP contribution in [0.15, 0.2) is 45.7 Å². The summed E-state index contributed by atoms with van der Waals surface area (Å²) in [4.78, 5) is 13.0. The summed E-state index contributed by atoms with van der Waals surface area (Å²) in [5.41, 5.74) is 1.22. The van der Waals surface area contributed by atoms with Crippen LogP contribution < -0.4 is 19.8 Å². The summed E-state index contributed by atoms with van der Waals surface area (Å²) in [7, 11) is 1.60. The molecule has 2 heterocycles. The minimum Gasteiger partial charge on any atom is -0.497 e. The van der Waals surface area contributed by atoms with Crippen LogP contribution in [0.2, 0.25) is 10.0 Å². The third kappa shape index (κ3) is 4.29. The molecule has 3 aromatic rings. The SMILES string of the molecule is COc1ccc(Cn2nc(Oc3c(Cl)cc(Br)cc3Cl)c3c(c2=O)CCCO3)cc1. The molecule has 4 rings (SSSR count). The highest BCUT2D eigenvalue weighted by atomic mass is 79.9. The molecule has 1 aliphatic rings. The van der Waals surface area contributed by atoms with Crippen molar-refractivity contribution < 1.29 is 14.2 Å². The van der Waals surface area contributed by atoms with E-state index in [0.717, 1.165) is 22.2 Å². The first kappa shape index (κ1) is 21.0. The van der Waals surface area contributed by atoms with Crippen LogP contribution in [0.3, 0.4) is 0 Å². The molecule has 0 atom stereocenters. The van der Waals surface area contributed by atoms with Gasteiger partial charge >= 0.3 is 0 Å². The Morgan fingerprint density at radius 1 is 1.20 bits per heavy atom.